The Bertz CT molecular complexity index is 857. The standard InChI is InChI=1S/C18H17FN4O3/c1-12-5-6-13(10-14(12)19)22-18(25)17(24)20-11-15(16-4-2-9-26-16)23-8-3-7-21-23/h2-10,15H,11H2,1H3,(H,20,24)(H,22,25). The fourth-order valence-electron chi connectivity index (χ4n) is 2.40. The van der Waals surface area contributed by atoms with Crippen molar-refractivity contribution in [2.45, 2.75) is 13.0 Å². The van der Waals surface area contributed by atoms with Crippen LogP contribution in [0.15, 0.2) is 59.5 Å². The number of aryl methyl sites for hydroxylation is 1. The van der Waals surface area contributed by atoms with Gasteiger partial charge in [-0.15, -0.1) is 0 Å². The van der Waals surface area contributed by atoms with E-state index >= 15 is 0 Å². The summed E-state index contributed by atoms with van der Waals surface area (Å²) in [4.78, 5) is 24.1. The number of anilines is 1. The van der Waals surface area contributed by atoms with Crippen molar-refractivity contribution < 1.29 is 18.4 Å². The summed E-state index contributed by atoms with van der Waals surface area (Å²) in [7, 11) is 0. The number of furan rings is 1. The van der Waals surface area contributed by atoms with E-state index in [0.29, 0.717) is 11.3 Å². The fourth-order valence-corrected chi connectivity index (χ4v) is 2.40. The molecule has 2 N–H and O–H groups in total. The Labute approximate surface area is 148 Å². The van der Waals surface area contributed by atoms with E-state index in [1.54, 1.807) is 42.2 Å². The maximum atomic E-state index is 13.5. The van der Waals surface area contributed by atoms with Gasteiger partial charge in [0.1, 0.15) is 17.6 Å². The van der Waals surface area contributed by atoms with Crippen LogP contribution in [0.4, 0.5) is 10.1 Å². The van der Waals surface area contributed by atoms with Gasteiger partial charge in [0.15, 0.2) is 0 Å². The van der Waals surface area contributed by atoms with Crippen LogP contribution in [0.3, 0.4) is 0 Å². The Morgan fingerprint density at radius 2 is 2.12 bits per heavy atom. The van der Waals surface area contributed by atoms with Crippen molar-refractivity contribution in [2.75, 3.05) is 11.9 Å². The summed E-state index contributed by atoms with van der Waals surface area (Å²) in [5.74, 6) is -1.59. The zero-order valence-corrected chi connectivity index (χ0v) is 14.0. The summed E-state index contributed by atoms with van der Waals surface area (Å²) < 4.78 is 20.5. The van der Waals surface area contributed by atoms with Gasteiger partial charge >= 0.3 is 11.8 Å². The molecule has 0 bridgehead atoms. The molecule has 2 amide bonds. The molecule has 3 rings (SSSR count). The van der Waals surface area contributed by atoms with Crippen LogP contribution in [-0.4, -0.2) is 28.1 Å². The molecule has 0 saturated carbocycles. The van der Waals surface area contributed by atoms with E-state index in [2.05, 4.69) is 15.7 Å². The number of carbonyl (C=O) groups excluding carboxylic acids is 2. The Morgan fingerprint density at radius 1 is 1.27 bits per heavy atom. The number of carbonyl (C=O) groups is 2. The van der Waals surface area contributed by atoms with E-state index in [1.807, 2.05) is 0 Å². The number of aromatic nitrogens is 2. The molecule has 0 aliphatic rings. The van der Waals surface area contributed by atoms with Gasteiger partial charge in [-0.2, -0.15) is 5.10 Å². The van der Waals surface area contributed by atoms with Crippen molar-refractivity contribution in [1.29, 1.82) is 0 Å². The molecule has 2 heterocycles. The van der Waals surface area contributed by atoms with Gasteiger partial charge in [-0.05, 0) is 42.8 Å². The van der Waals surface area contributed by atoms with E-state index in [0.717, 1.165) is 6.07 Å². The number of nitrogens with one attached hydrogen (secondary N) is 2. The molecule has 26 heavy (non-hydrogen) atoms. The molecular formula is C18H17FN4O3. The van der Waals surface area contributed by atoms with Crippen LogP contribution in [-0.2, 0) is 9.59 Å². The summed E-state index contributed by atoms with van der Waals surface area (Å²) >= 11 is 0. The second kappa shape index (κ2) is 7.64. The molecule has 3 aromatic rings. The SMILES string of the molecule is Cc1ccc(NC(=O)C(=O)NCC(c2ccco2)n2cccn2)cc1F. The summed E-state index contributed by atoms with van der Waals surface area (Å²) in [6.45, 7) is 1.71. The molecule has 0 saturated heterocycles. The fraction of sp³-hybridized carbons (Fsp3) is 0.167. The average Bonchev–Trinajstić information content (AvgIpc) is 3.32. The first-order chi connectivity index (χ1) is 12.5. The van der Waals surface area contributed by atoms with Crippen LogP contribution < -0.4 is 10.6 Å². The first-order valence-electron chi connectivity index (χ1n) is 7.92. The average molecular weight is 356 g/mol. The molecule has 1 aromatic carbocycles. The zero-order valence-electron chi connectivity index (χ0n) is 14.0. The van der Waals surface area contributed by atoms with Crippen molar-refractivity contribution in [2.24, 2.45) is 0 Å². The number of rotatable bonds is 5. The van der Waals surface area contributed by atoms with E-state index in [9.17, 15) is 14.0 Å². The van der Waals surface area contributed by atoms with Gasteiger partial charge in [0.05, 0.1) is 6.26 Å². The first-order valence-corrected chi connectivity index (χ1v) is 7.92. The topological polar surface area (TPSA) is 89.2 Å². The number of benzene rings is 1. The van der Waals surface area contributed by atoms with Crippen LogP contribution in [0.2, 0.25) is 0 Å². The van der Waals surface area contributed by atoms with Gasteiger partial charge in [0.2, 0.25) is 0 Å². The molecule has 7 nitrogen and oxygen atoms in total. The van der Waals surface area contributed by atoms with Crippen LogP contribution in [0, 0.1) is 12.7 Å². The number of hydrogen-bond acceptors (Lipinski definition) is 4. The molecule has 0 aliphatic carbocycles. The van der Waals surface area contributed by atoms with E-state index in [4.69, 9.17) is 4.42 Å². The highest BCUT2D eigenvalue weighted by Gasteiger charge is 2.21. The summed E-state index contributed by atoms with van der Waals surface area (Å²) in [6, 6.07) is 9.05. The molecule has 1 atom stereocenters. The molecule has 0 fully saturated rings. The Balaban J connectivity index is 1.63. The van der Waals surface area contributed by atoms with Crippen LogP contribution in [0.5, 0.6) is 0 Å². The molecule has 0 spiro atoms. The van der Waals surface area contributed by atoms with E-state index in [1.165, 1.54) is 18.4 Å². The number of amides is 2. The molecular weight excluding hydrogens is 339 g/mol. The monoisotopic (exact) mass is 356 g/mol. The number of nitrogens with zero attached hydrogens (tertiary/aromatic N) is 2. The number of hydrogen-bond donors (Lipinski definition) is 2. The highest BCUT2D eigenvalue weighted by Crippen LogP contribution is 2.17. The van der Waals surface area contributed by atoms with Crippen molar-refractivity contribution in [3.63, 3.8) is 0 Å². The summed E-state index contributed by atoms with van der Waals surface area (Å²) in [6.07, 6.45) is 4.86. The van der Waals surface area contributed by atoms with Gasteiger partial charge < -0.3 is 15.1 Å². The molecule has 1 unspecified atom stereocenters. The molecule has 0 aliphatic heterocycles. The maximum Gasteiger partial charge on any atom is 0.313 e. The minimum absolute atomic E-state index is 0.101. The second-order valence-corrected chi connectivity index (χ2v) is 5.65. The van der Waals surface area contributed by atoms with Gasteiger partial charge in [-0.25, -0.2) is 4.39 Å². The van der Waals surface area contributed by atoms with Crippen molar-refractivity contribution in [3.05, 3.63) is 72.2 Å². The number of halogens is 1. The van der Waals surface area contributed by atoms with Crippen LogP contribution in [0.25, 0.3) is 0 Å². The molecule has 8 heteroatoms. The Kier molecular flexibility index (Phi) is 5.12. The third kappa shape index (κ3) is 3.97. The second-order valence-electron chi connectivity index (χ2n) is 5.65. The summed E-state index contributed by atoms with van der Waals surface area (Å²) in [5.41, 5.74) is 0.663. The molecule has 134 valence electrons. The predicted octanol–water partition coefficient (Wildman–Crippen LogP) is 2.27. The lowest BCUT2D eigenvalue weighted by Gasteiger charge is -2.16. The quantitative estimate of drug-likeness (QED) is 0.687. The van der Waals surface area contributed by atoms with Gasteiger partial charge in [0.25, 0.3) is 0 Å². The predicted molar refractivity (Wildman–Crippen MR) is 91.9 cm³/mol. The lowest BCUT2D eigenvalue weighted by molar-refractivity contribution is -0.136. The van der Waals surface area contributed by atoms with Gasteiger partial charge in [-0.3, -0.25) is 14.3 Å². The van der Waals surface area contributed by atoms with Gasteiger partial charge in [0, 0.05) is 24.6 Å². The van der Waals surface area contributed by atoms with Crippen LogP contribution >= 0.6 is 0 Å². The van der Waals surface area contributed by atoms with Crippen molar-refractivity contribution in [3.8, 4) is 0 Å². The zero-order chi connectivity index (χ0) is 18.5. The Morgan fingerprint density at radius 3 is 2.77 bits per heavy atom. The summed E-state index contributed by atoms with van der Waals surface area (Å²) in [5, 5.41) is 9.05. The lowest BCUT2D eigenvalue weighted by atomic mass is 10.2. The van der Waals surface area contributed by atoms with E-state index in [-0.39, 0.29) is 12.2 Å². The van der Waals surface area contributed by atoms with E-state index < -0.39 is 23.7 Å². The third-order valence-electron chi connectivity index (χ3n) is 3.81. The third-order valence-corrected chi connectivity index (χ3v) is 3.81. The highest BCUT2D eigenvalue weighted by molar-refractivity contribution is 6.39. The first kappa shape index (κ1) is 17.4. The largest absolute Gasteiger partial charge is 0.467 e. The van der Waals surface area contributed by atoms with Crippen molar-refractivity contribution in [1.82, 2.24) is 15.1 Å². The Hall–Kier alpha value is -3.42. The maximum absolute atomic E-state index is 13.5. The minimum Gasteiger partial charge on any atom is -0.467 e. The lowest BCUT2D eigenvalue weighted by Crippen LogP contribution is -2.38. The van der Waals surface area contributed by atoms with Gasteiger partial charge in [-0.1, -0.05) is 6.07 Å². The minimum atomic E-state index is -0.882. The highest BCUT2D eigenvalue weighted by atomic mass is 19.1. The molecule has 0 radical (unpaired) electrons. The van der Waals surface area contributed by atoms with Crippen LogP contribution in [0.1, 0.15) is 17.4 Å². The van der Waals surface area contributed by atoms with Crippen molar-refractivity contribution >= 4 is 17.5 Å². The smallest absolute Gasteiger partial charge is 0.313 e. The molecule has 2 aromatic heterocycles. The normalized spacial score (nSPS) is 11.8.